The zero-order chi connectivity index (χ0) is 12.1. The molecule has 96 valence electrons. The molecule has 1 unspecified atom stereocenters. The molecule has 0 spiro atoms. The Morgan fingerprint density at radius 2 is 2.41 bits per heavy atom. The van der Waals surface area contributed by atoms with Crippen molar-refractivity contribution in [1.29, 1.82) is 0 Å². The molecule has 17 heavy (non-hydrogen) atoms. The van der Waals surface area contributed by atoms with Gasteiger partial charge in [-0.2, -0.15) is 0 Å². The van der Waals surface area contributed by atoms with Crippen LogP contribution in [0.15, 0.2) is 12.5 Å². The largest absolute Gasteiger partial charge is 0.376 e. The molecule has 1 aromatic rings. The second-order valence-corrected chi connectivity index (χ2v) is 5.06. The minimum atomic E-state index is 0.371. The van der Waals surface area contributed by atoms with Crippen LogP contribution in [-0.2, 0) is 17.8 Å². The van der Waals surface area contributed by atoms with E-state index < -0.39 is 0 Å². The molecule has 1 aliphatic rings. The van der Waals surface area contributed by atoms with Crippen molar-refractivity contribution in [1.82, 2.24) is 14.9 Å². The Morgan fingerprint density at radius 3 is 3.12 bits per heavy atom. The summed E-state index contributed by atoms with van der Waals surface area (Å²) >= 11 is 0. The van der Waals surface area contributed by atoms with Crippen LogP contribution in [-0.4, -0.2) is 28.3 Å². The van der Waals surface area contributed by atoms with E-state index in [1.807, 2.05) is 12.5 Å². The number of nitrogens with one attached hydrogen (secondary N) is 1. The van der Waals surface area contributed by atoms with Gasteiger partial charge in [0.15, 0.2) is 0 Å². The lowest BCUT2D eigenvalue weighted by molar-refractivity contribution is 0.00552. The fourth-order valence-electron chi connectivity index (χ4n) is 2.14. The molecule has 0 bridgehead atoms. The highest BCUT2D eigenvalue weighted by atomic mass is 16.5. The van der Waals surface area contributed by atoms with Crippen molar-refractivity contribution in [2.75, 3.05) is 6.61 Å². The number of ether oxygens (including phenoxy) is 1. The monoisotopic (exact) mass is 237 g/mol. The third-order valence-corrected chi connectivity index (χ3v) is 3.16. The highest BCUT2D eigenvalue weighted by Crippen LogP contribution is 2.15. The molecule has 4 heteroatoms. The van der Waals surface area contributed by atoms with Crippen molar-refractivity contribution in [2.45, 2.75) is 58.3 Å². The molecule has 1 aliphatic heterocycles. The first-order valence-corrected chi connectivity index (χ1v) is 6.59. The van der Waals surface area contributed by atoms with Gasteiger partial charge in [0.05, 0.1) is 24.7 Å². The highest BCUT2D eigenvalue weighted by Gasteiger charge is 2.15. The van der Waals surface area contributed by atoms with Gasteiger partial charge in [0.2, 0.25) is 0 Å². The van der Waals surface area contributed by atoms with Crippen molar-refractivity contribution in [3.63, 3.8) is 0 Å². The van der Waals surface area contributed by atoms with Crippen LogP contribution in [0.2, 0.25) is 0 Å². The Kier molecular flexibility index (Phi) is 4.57. The fraction of sp³-hybridized carbons (Fsp3) is 0.769. The first kappa shape index (κ1) is 12.6. The van der Waals surface area contributed by atoms with E-state index in [1.54, 1.807) is 0 Å². The molecule has 2 rings (SSSR count). The van der Waals surface area contributed by atoms with Gasteiger partial charge in [0.1, 0.15) is 0 Å². The highest BCUT2D eigenvalue weighted by molar-refractivity contribution is 4.98. The molecular weight excluding hydrogens is 214 g/mol. The van der Waals surface area contributed by atoms with E-state index >= 15 is 0 Å². The van der Waals surface area contributed by atoms with Gasteiger partial charge in [-0.05, 0) is 19.3 Å². The zero-order valence-corrected chi connectivity index (χ0v) is 10.9. The molecule has 2 heterocycles. The Morgan fingerprint density at radius 1 is 1.53 bits per heavy atom. The molecular formula is C13H23N3O. The van der Waals surface area contributed by atoms with Crippen molar-refractivity contribution >= 4 is 0 Å². The summed E-state index contributed by atoms with van der Waals surface area (Å²) in [5.74, 6) is 0. The van der Waals surface area contributed by atoms with Crippen LogP contribution in [0.3, 0.4) is 0 Å². The van der Waals surface area contributed by atoms with Crippen molar-refractivity contribution in [2.24, 2.45) is 0 Å². The lowest BCUT2D eigenvalue weighted by Crippen LogP contribution is -2.27. The summed E-state index contributed by atoms with van der Waals surface area (Å²) in [4.78, 5) is 4.23. The van der Waals surface area contributed by atoms with E-state index in [4.69, 9.17) is 4.74 Å². The van der Waals surface area contributed by atoms with Crippen LogP contribution in [0, 0.1) is 0 Å². The minimum Gasteiger partial charge on any atom is -0.376 e. The van der Waals surface area contributed by atoms with Gasteiger partial charge in [0, 0.05) is 25.4 Å². The molecule has 1 fully saturated rings. The molecule has 1 atom stereocenters. The van der Waals surface area contributed by atoms with Crippen molar-refractivity contribution in [3.8, 4) is 0 Å². The van der Waals surface area contributed by atoms with Crippen LogP contribution in [0.4, 0.5) is 0 Å². The maximum Gasteiger partial charge on any atom is 0.0949 e. The molecule has 1 saturated heterocycles. The molecule has 0 aliphatic carbocycles. The van der Waals surface area contributed by atoms with Crippen LogP contribution in [0.5, 0.6) is 0 Å². The lowest BCUT2D eigenvalue weighted by atomic mass is 10.1. The summed E-state index contributed by atoms with van der Waals surface area (Å²) in [6.45, 7) is 7.05. The van der Waals surface area contributed by atoms with Gasteiger partial charge in [0.25, 0.3) is 0 Å². The molecule has 0 aromatic carbocycles. The Bertz CT molecular complexity index is 329. The van der Waals surface area contributed by atoms with Gasteiger partial charge in [-0.15, -0.1) is 0 Å². The van der Waals surface area contributed by atoms with Gasteiger partial charge in [-0.1, -0.05) is 13.8 Å². The third-order valence-electron chi connectivity index (χ3n) is 3.16. The third kappa shape index (κ3) is 3.82. The number of rotatable bonds is 5. The number of hydrogen-bond acceptors (Lipinski definition) is 3. The van der Waals surface area contributed by atoms with E-state index in [9.17, 15) is 0 Å². The maximum absolute atomic E-state index is 5.76. The van der Waals surface area contributed by atoms with Gasteiger partial charge in [-0.3, -0.25) is 0 Å². The Balaban J connectivity index is 1.88. The fourth-order valence-corrected chi connectivity index (χ4v) is 2.14. The quantitative estimate of drug-likeness (QED) is 0.850. The predicted molar refractivity (Wildman–Crippen MR) is 67.8 cm³/mol. The second-order valence-electron chi connectivity index (χ2n) is 5.06. The average molecular weight is 237 g/mol. The SMILES string of the molecule is CC(C)NCc1cncn1CC1CCCCO1. The Labute approximate surface area is 103 Å². The molecule has 0 amide bonds. The molecule has 0 radical (unpaired) electrons. The molecule has 4 nitrogen and oxygen atoms in total. The van der Waals surface area contributed by atoms with E-state index in [-0.39, 0.29) is 0 Å². The van der Waals surface area contributed by atoms with Crippen LogP contribution in [0.1, 0.15) is 38.8 Å². The first-order chi connectivity index (χ1) is 8.25. The van der Waals surface area contributed by atoms with Crippen molar-refractivity contribution in [3.05, 3.63) is 18.2 Å². The first-order valence-electron chi connectivity index (χ1n) is 6.59. The minimum absolute atomic E-state index is 0.371. The summed E-state index contributed by atoms with van der Waals surface area (Å²) in [6, 6.07) is 0.504. The van der Waals surface area contributed by atoms with E-state index in [0.717, 1.165) is 19.7 Å². The average Bonchev–Trinajstić information content (AvgIpc) is 2.75. The smallest absolute Gasteiger partial charge is 0.0949 e. The van der Waals surface area contributed by atoms with Crippen LogP contribution in [0.25, 0.3) is 0 Å². The normalized spacial score (nSPS) is 21.0. The number of imidazole rings is 1. The summed E-state index contributed by atoms with van der Waals surface area (Å²) in [6.07, 6.45) is 7.90. The predicted octanol–water partition coefficient (Wildman–Crippen LogP) is 1.95. The van der Waals surface area contributed by atoms with E-state index in [1.165, 1.54) is 25.0 Å². The topological polar surface area (TPSA) is 39.1 Å². The van der Waals surface area contributed by atoms with Gasteiger partial charge >= 0.3 is 0 Å². The summed E-state index contributed by atoms with van der Waals surface area (Å²) < 4.78 is 7.98. The number of hydrogen-bond donors (Lipinski definition) is 1. The summed E-state index contributed by atoms with van der Waals surface area (Å²) in [5, 5.41) is 3.42. The van der Waals surface area contributed by atoms with E-state index in [2.05, 4.69) is 28.7 Å². The van der Waals surface area contributed by atoms with Gasteiger partial charge in [-0.25, -0.2) is 4.98 Å². The summed E-state index contributed by atoms with van der Waals surface area (Å²) in [7, 11) is 0. The Hall–Kier alpha value is -0.870. The van der Waals surface area contributed by atoms with Gasteiger partial charge < -0.3 is 14.6 Å². The van der Waals surface area contributed by atoms with Crippen molar-refractivity contribution < 1.29 is 4.74 Å². The molecule has 1 N–H and O–H groups in total. The lowest BCUT2D eigenvalue weighted by Gasteiger charge is -2.23. The summed E-state index contributed by atoms with van der Waals surface area (Å²) in [5.41, 5.74) is 1.24. The number of nitrogens with zero attached hydrogens (tertiary/aromatic N) is 2. The zero-order valence-electron chi connectivity index (χ0n) is 10.9. The van der Waals surface area contributed by atoms with Crippen LogP contribution < -0.4 is 5.32 Å². The number of aromatic nitrogens is 2. The molecule has 1 aromatic heterocycles. The van der Waals surface area contributed by atoms with E-state index in [0.29, 0.717) is 12.1 Å². The molecule has 0 saturated carbocycles. The standard InChI is InChI=1S/C13H23N3O/c1-11(2)15-8-12-7-14-10-16(12)9-13-5-3-4-6-17-13/h7,10-11,13,15H,3-6,8-9H2,1-2H3. The maximum atomic E-state index is 5.76. The second kappa shape index (κ2) is 6.17. The van der Waals surface area contributed by atoms with Crippen LogP contribution >= 0.6 is 0 Å².